The minimum Gasteiger partial charge on any atom is -0.466 e. The summed E-state index contributed by atoms with van der Waals surface area (Å²) in [5.41, 5.74) is 1.74. The highest BCUT2D eigenvalue weighted by molar-refractivity contribution is 5.97. The molecule has 5 atom stereocenters. The number of hydrogen-bond acceptors (Lipinski definition) is 7. The van der Waals surface area contributed by atoms with Crippen LogP contribution in [-0.4, -0.2) is 65.6 Å². The Kier molecular flexibility index (Phi) is 11.1. The number of ether oxygens (including phenoxy) is 1. The number of nitrogens with zero attached hydrogens (tertiary/aromatic N) is 2. The van der Waals surface area contributed by atoms with Gasteiger partial charge in [0.15, 0.2) is 0 Å². The van der Waals surface area contributed by atoms with Gasteiger partial charge in [0.25, 0.3) is 5.56 Å². The molecule has 11 nitrogen and oxygen atoms in total. The highest BCUT2D eigenvalue weighted by Gasteiger charge is 2.38. The fourth-order valence-electron chi connectivity index (χ4n) is 7.15. The second-order valence-corrected chi connectivity index (χ2v) is 12.7. The number of fused-ring (bicyclic) bond motifs is 3. The molecule has 0 radical (unpaired) electrons. The van der Waals surface area contributed by atoms with E-state index in [1.165, 1.54) is 36.4 Å². The summed E-state index contributed by atoms with van der Waals surface area (Å²) in [4.78, 5) is 67.2. The van der Waals surface area contributed by atoms with Crippen LogP contribution in [0.25, 0.3) is 0 Å². The van der Waals surface area contributed by atoms with E-state index in [1.807, 2.05) is 24.3 Å². The third-order valence-electron chi connectivity index (χ3n) is 9.58. The quantitative estimate of drug-likeness (QED) is 0.242. The van der Waals surface area contributed by atoms with Crippen molar-refractivity contribution >= 4 is 29.4 Å². The number of amides is 3. The molecule has 2 saturated heterocycles. The highest BCUT2D eigenvalue weighted by atomic mass is 16.5. The van der Waals surface area contributed by atoms with Gasteiger partial charge in [-0.05, 0) is 80.0 Å². The van der Waals surface area contributed by atoms with Gasteiger partial charge < -0.3 is 25.3 Å². The molecule has 3 heterocycles. The van der Waals surface area contributed by atoms with Crippen molar-refractivity contribution in [3.63, 3.8) is 0 Å². The molecule has 5 rings (SSSR count). The number of carbonyl (C=O) groups excluding carboxylic acids is 4. The van der Waals surface area contributed by atoms with Gasteiger partial charge in [-0.3, -0.25) is 24.1 Å². The Morgan fingerprint density at radius 2 is 1.85 bits per heavy atom. The van der Waals surface area contributed by atoms with Crippen LogP contribution in [0.15, 0.2) is 59.5 Å². The monoisotopic (exact) mass is 631 g/mol. The molecule has 3 amide bonds. The van der Waals surface area contributed by atoms with Gasteiger partial charge in [0.1, 0.15) is 18.3 Å². The summed E-state index contributed by atoms with van der Waals surface area (Å²) < 4.78 is 5.91. The molecule has 3 N–H and O–H groups in total. The van der Waals surface area contributed by atoms with Gasteiger partial charge in [0.05, 0.1) is 13.3 Å². The minimum atomic E-state index is -0.958. The number of methoxy groups -OCH3 is 1. The Morgan fingerprint density at radius 3 is 2.57 bits per heavy atom. The lowest BCUT2D eigenvalue weighted by Crippen LogP contribution is -2.59. The van der Waals surface area contributed by atoms with Crippen LogP contribution in [0.4, 0.5) is 5.69 Å². The standard InChI is InChI=1S/C35H45N5O6/c1-3-24-18-23-10-8-16-39(21-23)32(24)38-30(41)22-40-17-9-14-29(35(40)45)37-34(44)28(13-6-7-15-31(42)46-2)36-33(43)27-19-25-11-4-5-12-26(25)20-27/h4-5,7,9,11-12,14-15,17,23-24,27-28,32H,3,6,8,10,13,16,18-22H2,1-2H3,(H,36,43)(H,37,44)(H,38,41)/b15-7+/t23?,24?,28-,32?/m0/s1. The predicted molar refractivity (Wildman–Crippen MR) is 174 cm³/mol. The normalized spacial score (nSPS) is 22.9. The molecule has 4 unspecified atom stereocenters. The minimum absolute atomic E-state index is 0.0147. The third kappa shape index (κ3) is 8.12. The second kappa shape index (κ2) is 15.4. The molecule has 0 saturated carbocycles. The van der Waals surface area contributed by atoms with E-state index in [-0.39, 0.29) is 42.6 Å². The van der Waals surface area contributed by atoms with Crippen molar-refractivity contribution in [3.05, 3.63) is 76.2 Å². The van der Waals surface area contributed by atoms with Gasteiger partial charge in [0.2, 0.25) is 17.7 Å². The van der Waals surface area contributed by atoms with Crippen molar-refractivity contribution in [2.75, 3.05) is 25.5 Å². The zero-order chi connectivity index (χ0) is 32.6. The number of piperidine rings is 2. The van der Waals surface area contributed by atoms with E-state index in [0.717, 1.165) is 43.5 Å². The van der Waals surface area contributed by atoms with E-state index < -0.39 is 23.5 Å². The summed E-state index contributed by atoms with van der Waals surface area (Å²) in [6, 6.07) is 10.0. The maximum atomic E-state index is 13.5. The summed E-state index contributed by atoms with van der Waals surface area (Å²) in [5.74, 6) is -0.821. The topological polar surface area (TPSA) is 139 Å². The molecule has 2 aliphatic heterocycles. The number of nitrogens with one attached hydrogen (secondary N) is 3. The van der Waals surface area contributed by atoms with Crippen LogP contribution in [0.1, 0.15) is 56.6 Å². The fraction of sp³-hybridized carbons (Fsp3) is 0.514. The van der Waals surface area contributed by atoms with E-state index in [2.05, 4.69) is 32.5 Å². The van der Waals surface area contributed by atoms with Gasteiger partial charge in [-0.2, -0.15) is 0 Å². The number of aromatic nitrogens is 1. The number of anilines is 1. The molecule has 1 aromatic heterocycles. The van der Waals surface area contributed by atoms with Gasteiger partial charge >= 0.3 is 5.97 Å². The van der Waals surface area contributed by atoms with E-state index >= 15 is 0 Å². The predicted octanol–water partition coefficient (Wildman–Crippen LogP) is 2.78. The van der Waals surface area contributed by atoms with E-state index in [1.54, 1.807) is 12.1 Å². The van der Waals surface area contributed by atoms with Crippen molar-refractivity contribution in [1.82, 2.24) is 20.1 Å². The number of benzene rings is 1. The first-order valence-corrected chi connectivity index (χ1v) is 16.4. The molecule has 1 aliphatic carbocycles. The summed E-state index contributed by atoms with van der Waals surface area (Å²) in [6.45, 7) is 3.93. The Balaban J connectivity index is 1.24. The molecule has 246 valence electrons. The highest BCUT2D eigenvalue weighted by Crippen LogP contribution is 2.34. The van der Waals surface area contributed by atoms with Crippen LogP contribution in [0.5, 0.6) is 0 Å². The largest absolute Gasteiger partial charge is 0.466 e. The molecule has 46 heavy (non-hydrogen) atoms. The van der Waals surface area contributed by atoms with Crippen molar-refractivity contribution in [2.45, 2.75) is 77.0 Å². The van der Waals surface area contributed by atoms with Gasteiger partial charge in [-0.15, -0.1) is 0 Å². The average Bonchev–Trinajstić information content (AvgIpc) is 3.50. The van der Waals surface area contributed by atoms with Crippen LogP contribution in [0.2, 0.25) is 0 Å². The van der Waals surface area contributed by atoms with Crippen LogP contribution < -0.4 is 21.5 Å². The summed E-state index contributed by atoms with van der Waals surface area (Å²) >= 11 is 0. The fourth-order valence-corrected chi connectivity index (χ4v) is 7.15. The first-order valence-electron chi connectivity index (χ1n) is 16.4. The van der Waals surface area contributed by atoms with Gasteiger partial charge in [-0.1, -0.05) is 43.7 Å². The second-order valence-electron chi connectivity index (χ2n) is 12.7. The smallest absolute Gasteiger partial charge is 0.330 e. The van der Waals surface area contributed by atoms with Crippen LogP contribution in [-0.2, 0) is 43.3 Å². The van der Waals surface area contributed by atoms with E-state index in [4.69, 9.17) is 0 Å². The first kappa shape index (κ1) is 33.1. The Hall–Kier alpha value is -4.25. The van der Waals surface area contributed by atoms with E-state index in [0.29, 0.717) is 31.1 Å². The Bertz CT molecular complexity index is 1490. The molecule has 2 aromatic rings. The number of rotatable bonds is 12. The molecule has 0 spiro atoms. The zero-order valence-corrected chi connectivity index (χ0v) is 26.7. The Labute approximate surface area is 269 Å². The van der Waals surface area contributed by atoms with Crippen molar-refractivity contribution < 1.29 is 23.9 Å². The summed E-state index contributed by atoms with van der Waals surface area (Å²) in [6.07, 6.45) is 10.5. The maximum absolute atomic E-state index is 13.5. The van der Waals surface area contributed by atoms with Gasteiger partial charge in [-0.25, -0.2) is 4.79 Å². The van der Waals surface area contributed by atoms with Crippen molar-refractivity contribution in [3.8, 4) is 0 Å². The SMILES string of the molecule is CCC1CC2CCCN(C2)C1NC(=O)Cn1cccc(NC(=O)[C@H](CC/C=C/C(=O)OC)NC(=O)C2Cc3ccccc3C2)c1=O. The average molecular weight is 632 g/mol. The molecular formula is C35H45N5O6. The zero-order valence-electron chi connectivity index (χ0n) is 26.7. The van der Waals surface area contributed by atoms with Crippen LogP contribution >= 0.6 is 0 Å². The lowest BCUT2D eigenvalue weighted by Gasteiger charge is -2.48. The lowest BCUT2D eigenvalue weighted by molar-refractivity contribution is -0.135. The maximum Gasteiger partial charge on any atom is 0.330 e. The van der Waals surface area contributed by atoms with Gasteiger partial charge in [0, 0.05) is 31.3 Å². The van der Waals surface area contributed by atoms with Crippen LogP contribution in [0.3, 0.4) is 0 Å². The van der Waals surface area contributed by atoms with Crippen LogP contribution in [0, 0.1) is 17.8 Å². The van der Waals surface area contributed by atoms with Crippen molar-refractivity contribution in [2.24, 2.45) is 17.8 Å². The molecule has 3 aliphatic rings. The molecule has 2 bridgehead atoms. The Morgan fingerprint density at radius 1 is 1.09 bits per heavy atom. The summed E-state index contributed by atoms with van der Waals surface area (Å²) in [5, 5.41) is 8.74. The van der Waals surface area contributed by atoms with Crippen molar-refractivity contribution in [1.29, 1.82) is 0 Å². The molecular weight excluding hydrogens is 586 g/mol. The van der Waals surface area contributed by atoms with E-state index in [9.17, 15) is 24.0 Å². The lowest BCUT2D eigenvalue weighted by atomic mass is 9.80. The number of hydrogen-bond donors (Lipinski definition) is 3. The summed E-state index contributed by atoms with van der Waals surface area (Å²) in [7, 11) is 1.28. The number of esters is 1. The number of pyridine rings is 1. The molecule has 2 fully saturated rings. The number of carbonyl (C=O) groups is 4. The first-order chi connectivity index (χ1) is 22.2. The molecule has 11 heteroatoms. The number of allylic oxidation sites excluding steroid dienone is 1. The third-order valence-corrected chi connectivity index (χ3v) is 9.58. The molecule has 1 aromatic carbocycles.